The lowest BCUT2D eigenvalue weighted by molar-refractivity contribution is 0.0526. The maximum Gasteiger partial charge on any atom is 0.338 e. The number of Topliss-reactive ketones (excluding diaryl/α,β-unsaturated/α-hetero) is 1. The van der Waals surface area contributed by atoms with E-state index in [0.717, 1.165) is 10.9 Å². The lowest BCUT2D eigenvalue weighted by Gasteiger charge is -2.15. The molecule has 0 bridgehead atoms. The van der Waals surface area contributed by atoms with Gasteiger partial charge < -0.3 is 9.72 Å². The SMILES string of the molecule is CCOC(=O)c1ccc2[nH]cc(C(=O)C(C)(C)C)c2c1. The van der Waals surface area contributed by atoms with Crippen molar-refractivity contribution < 1.29 is 14.3 Å². The quantitative estimate of drug-likeness (QED) is 0.687. The Morgan fingerprint density at radius 1 is 1.25 bits per heavy atom. The second-order valence-corrected chi connectivity index (χ2v) is 5.76. The minimum Gasteiger partial charge on any atom is -0.462 e. The molecule has 0 unspecified atom stereocenters. The first-order chi connectivity index (χ1) is 9.34. The number of H-pyrrole nitrogens is 1. The maximum atomic E-state index is 12.4. The van der Waals surface area contributed by atoms with E-state index < -0.39 is 5.41 Å². The second-order valence-electron chi connectivity index (χ2n) is 5.76. The summed E-state index contributed by atoms with van der Waals surface area (Å²) in [7, 11) is 0. The van der Waals surface area contributed by atoms with Crippen LogP contribution in [0.4, 0.5) is 0 Å². The molecular weight excluding hydrogens is 254 g/mol. The van der Waals surface area contributed by atoms with E-state index in [2.05, 4.69) is 4.98 Å². The van der Waals surface area contributed by atoms with Gasteiger partial charge in [-0.05, 0) is 25.1 Å². The Bertz CT molecular complexity index is 662. The van der Waals surface area contributed by atoms with Gasteiger partial charge in [-0.25, -0.2) is 4.79 Å². The van der Waals surface area contributed by atoms with E-state index in [1.165, 1.54) is 0 Å². The number of benzene rings is 1. The number of rotatable bonds is 3. The molecule has 0 atom stereocenters. The standard InChI is InChI=1S/C16H19NO3/c1-5-20-15(19)10-6-7-13-11(8-10)12(9-17-13)14(18)16(2,3)4/h6-9,17H,5H2,1-4H3. The van der Waals surface area contributed by atoms with Crippen molar-refractivity contribution in [1.82, 2.24) is 4.98 Å². The number of aromatic nitrogens is 1. The zero-order valence-electron chi connectivity index (χ0n) is 12.2. The number of carbonyl (C=O) groups is 2. The molecule has 4 nitrogen and oxygen atoms in total. The third-order valence-corrected chi connectivity index (χ3v) is 3.12. The molecule has 2 aromatic rings. The first-order valence-electron chi connectivity index (χ1n) is 6.67. The maximum absolute atomic E-state index is 12.4. The summed E-state index contributed by atoms with van der Waals surface area (Å²) < 4.78 is 4.99. The highest BCUT2D eigenvalue weighted by molar-refractivity contribution is 6.11. The molecule has 1 heterocycles. The van der Waals surface area contributed by atoms with Gasteiger partial charge in [-0.1, -0.05) is 20.8 Å². The summed E-state index contributed by atoms with van der Waals surface area (Å²) in [5.74, 6) is -0.325. The van der Waals surface area contributed by atoms with Crippen molar-refractivity contribution in [2.75, 3.05) is 6.61 Å². The van der Waals surface area contributed by atoms with Crippen LogP contribution in [-0.4, -0.2) is 23.3 Å². The van der Waals surface area contributed by atoms with Crippen LogP contribution >= 0.6 is 0 Å². The van der Waals surface area contributed by atoms with E-state index in [0.29, 0.717) is 17.7 Å². The smallest absolute Gasteiger partial charge is 0.338 e. The Hall–Kier alpha value is -2.10. The number of nitrogens with one attached hydrogen (secondary N) is 1. The summed E-state index contributed by atoms with van der Waals surface area (Å²) in [6, 6.07) is 5.20. The lowest BCUT2D eigenvalue weighted by atomic mass is 9.86. The molecule has 20 heavy (non-hydrogen) atoms. The van der Waals surface area contributed by atoms with E-state index in [4.69, 9.17) is 4.74 Å². The highest BCUT2D eigenvalue weighted by Crippen LogP contribution is 2.27. The number of ketones is 1. The molecule has 0 amide bonds. The molecule has 0 saturated heterocycles. The van der Waals surface area contributed by atoms with Crippen LogP contribution in [0.1, 0.15) is 48.4 Å². The van der Waals surface area contributed by atoms with Crippen LogP contribution in [0.2, 0.25) is 0 Å². The fourth-order valence-corrected chi connectivity index (χ4v) is 2.05. The molecule has 0 radical (unpaired) electrons. The first-order valence-corrected chi connectivity index (χ1v) is 6.67. The van der Waals surface area contributed by atoms with Crippen molar-refractivity contribution in [3.63, 3.8) is 0 Å². The van der Waals surface area contributed by atoms with Crippen LogP contribution < -0.4 is 0 Å². The van der Waals surface area contributed by atoms with Crippen LogP contribution in [0.15, 0.2) is 24.4 Å². The Morgan fingerprint density at radius 2 is 1.95 bits per heavy atom. The number of aromatic amines is 1. The van der Waals surface area contributed by atoms with E-state index in [9.17, 15) is 9.59 Å². The summed E-state index contributed by atoms with van der Waals surface area (Å²) in [5, 5.41) is 0.760. The number of fused-ring (bicyclic) bond motifs is 1. The van der Waals surface area contributed by atoms with Gasteiger partial charge in [0, 0.05) is 28.1 Å². The van der Waals surface area contributed by atoms with Crippen molar-refractivity contribution >= 4 is 22.7 Å². The number of carbonyl (C=O) groups excluding carboxylic acids is 2. The second kappa shape index (κ2) is 5.12. The van der Waals surface area contributed by atoms with Gasteiger partial charge in [-0.2, -0.15) is 0 Å². The number of hydrogen-bond donors (Lipinski definition) is 1. The molecule has 0 fully saturated rings. The molecule has 1 N–H and O–H groups in total. The van der Waals surface area contributed by atoms with E-state index in [-0.39, 0.29) is 11.8 Å². The van der Waals surface area contributed by atoms with Crippen LogP contribution in [0.5, 0.6) is 0 Å². The van der Waals surface area contributed by atoms with Crippen LogP contribution in [-0.2, 0) is 4.74 Å². The third kappa shape index (κ3) is 2.59. The predicted octanol–water partition coefficient (Wildman–Crippen LogP) is 3.57. The fraction of sp³-hybridized carbons (Fsp3) is 0.375. The zero-order valence-corrected chi connectivity index (χ0v) is 12.2. The Balaban J connectivity index is 2.51. The van der Waals surface area contributed by atoms with Crippen molar-refractivity contribution in [2.24, 2.45) is 5.41 Å². The molecule has 2 rings (SSSR count). The summed E-state index contributed by atoms with van der Waals surface area (Å²) in [5.41, 5.74) is 1.45. The van der Waals surface area contributed by atoms with Gasteiger partial charge in [0.2, 0.25) is 0 Å². The number of esters is 1. The molecule has 1 aromatic heterocycles. The van der Waals surface area contributed by atoms with Gasteiger partial charge in [-0.15, -0.1) is 0 Å². The monoisotopic (exact) mass is 273 g/mol. The molecule has 0 aliphatic carbocycles. The Kier molecular flexibility index (Phi) is 3.66. The summed E-state index contributed by atoms with van der Waals surface area (Å²) >= 11 is 0. The molecule has 0 saturated carbocycles. The summed E-state index contributed by atoms with van der Waals surface area (Å²) in [6.07, 6.45) is 1.70. The molecule has 0 spiro atoms. The van der Waals surface area contributed by atoms with Gasteiger partial charge in [0.1, 0.15) is 0 Å². The van der Waals surface area contributed by atoms with Gasteiger partial charge in [0.15, 0.2) is 5.78 Å². The number of hydrogen-bond acceptors (Lipinski definition) is 3. The van der Waals surface area contributed by atoms with E-state index >= 15 is 0 Å². The molecule has 0 aliphatic rings. The van der Waals surface area contributed by atoms with Crippen LogP contribution in [0.25, 0.3) is 10.9 Å². The minimum absolute atomic E-state index is 0.0461. The average Bonchev–Trinajstić information content (AvgIpc) is 2.79. The fourth-order valence-electron chi connectivity index (χ4n) is 2.05. The number of ether oxygens (including phenoxy) is 1. The minimum atomic E-state index is -0.463. The van der Waals surface area contributed by atoms with Crippen molar-refractivity contribution in [3.8, 4) is 0 Å². The first kappa shape index (κ1) is 14.3. The van der Waals surface area contributed by atoms with Crippen LogP contribution in [0.3, 0.4) is 0 Å². The normalized spacial score (nSPS) is 11.6. The van der Waals surface area contributed by atoms with Crippen molar-refractivity contribution in [1.29, 1.82) is 0 Å². The Labute approximate surface area is 118 Å². The third-order valence-electron chi connectivity index (χ3n) is 3.12. The highest BCUT2D eigenvalue weighted by atomic mass is 16.5. The summed E-state index contributed by atoms with van der Waals surface area (Å²) in [6.45, 7) is 7.73. The van der Waals surface area contributed by atoms with E-state index in [1.807, 2.05) is 20.8 Å². The molecule has 4 heteroatoms. The average molecular weight is 273 g/mol. The van der Waals surface area contributed by atoms with Crippen molar-refractivity contribution in [2.45, 2.75) is 27.7 Å². The largest absolute Gasteiger partial charge is 0.462 e. The predicted molar refractivity (Wildman–Crippen MR) is 78.0 cm³/mol. The van der Waals surface area contributed by atoms with Crippen molar-refractivity contribution in [3.05, 3.63) is 35.5 Å². The Morgan fingerprint density at radius 3 is 2.55 bits per heavy atom. The zero-order chi connectivity index (χ0) is 14.9. The van der Waals surface area contributed by atoms with Gasteiger partial charge in [0.05, 0.1) is 12.2 Å². The van der Waals surface area contributed by atoms with Gasteiger partial charge in [0.25, 0.3) is 0 Å². The highest BCUT2D eigenvalue weighted by Gasteiger charge is 2.25. The molecular formula is C16H19NO3. The molecule has 0 aliphatic heterocycles. The molecule has 106 valence electrons. The van der Waals surface area contributed by atoms with Gasteiger partial charge >= 0.3 is 5.97 Å². The molecule has 1 aromatic carbocycles. The lowest BCUT2D eigenvalue weighted by Crippen LogP contribution is -2.19. The summed E-state index contributed by atoms with van der Waals surface area (Å²) in [4.78, 5) is 27.2. The topological polar surface area (TPSA) is 59.2 Å². The van der Waals surface area contributed by atoms with Crippen LogP contribution in [0, 0.1) is 5.41 Å². The van der Waals surface area contributed by atoms with Gasteiger partial charge in [-0.3, -0.25) is 4.79 Å². The van der Waals surface area contributed by atoms with E-state index in [1.54, 1.807) is 31.3 Å².